The molecule has 1 aromatic heterocycles. The van der Waals surface area contributed by atoms with Gasteiger partial charge in [-0.05, 0) is 45.0 Å². The molecule has 1 aliphatic heterocycles. The molecule has 1 aromatic carbocycles. The molecule has 1 amide bonds. The first-order valence-electron chi connectivity index (χ1n) is 9.17. The van der Waals surface area contributed by atoms with Gasteiger partial charge in [0.2, 0.25) is 11.9 Å². The number of aromatic nitrogens is 2. The number of benzene rings is 1. The number of ether oxygens (including phenoxy) is 1. The van der Waals surface area contributed by atoms with Crippen LogP contribution in [0.4, 0.5) is 11.6 Å². The van der Waals surface area contributed by atoms with Crippen LogP contribution < -0.4 is 15.4 Å². The highest BCUT2D eigenvalue weighted by Gasteiger charge is 2.28. The summed E-state index contributed by atoms with van der Waals surface area (Å²) in [5, 5.41) is 0. The molecular weight excluding hydrogens is 342 g/mol. The van der Waals surface area contributed by atoms with E-state index < -0.39 is 0 Å². The molecule has 0 saturated carbocycles. The van der Waals surface area contributed by atoms with Crippen LogP contribution in [-0.4, -0.2) is 53.6 Å². The van der Waals surface area contributed by atoms with E-state index in [1.54, 1.807) is 7.11 Å². The summed E-state index contributed by atoms with van der Waals surface area (Å²) in [6.07, 6.45) is 0.310. The molecule has 7 nitrogen and oxygen atoms in total. The van der Waals surface area contributed by atoms with Crippen molar-refractivity contribution in [3.05, 3.63) is 41.2 Å². The number of nitrogen functional groups attached to an aromatic ring is 1. The van der Waals surface area contributed by atoms with E-state index in [1.165, 1.54) is 0 Å². The number of methoxy groups -OCH3 is 1. The minimum Gasteiger partial charge on any atom is -0.497 e. The van der Waals surface area contributed by atoms with Crippen LogP contribution in [0.25, 0.3) is 0 Å². The summed E-state index contributed by atoms with van der Waals surface area (Å²) < 4.78 is 5.22. The molecule has 0 aliphatic carbocycles. The van der Waals surface area contributed by atoms with E-state index in [1.807, 2.05) is 30.9 Å². The maximum atomic E-state index is 12.9. The quantitative estimate of drug-likeness (QED) is 0.887. The Morgan fingerprint density at radius 1 is 1.19 bits per heavy atom. The highest BCUT2D eigenvalue weighted by Crippen LogP contribution is 2.23. The first-order valence-corrected chi connectivity index (χ1v) is 9.17. The van der Waals surface area contributed by atoms with Crippen molar-refractivity contribution in [2.45, 2.75) is 33.2 Å². The number of piperazine rings is 1. The Kier molecular flexibility index (Phi) is 5.48. The summed E-state index contributed by atoms with van der Waals surface area (Å²) in [6, 6.07) is 8.17. The number of nitrogens with zero attached hydrogens (tertiary/aromatic N) is 4. The zero-order chi connectivity index (χ0) is 19.6. The summed E-state index contributed by atoms with van der Waals surface area (Å²) in [4.78, 5) is 25.5. The zero-order valence-electron chi connectivity index (χ0n) is 16.4. The number of nitrogens with two attached hydrogens (primary N) is 1. The van der Waals surface area contributed by atoms with Crippen molar-refractivity contribution in [2.24, 2.45) is 0 Å². The fraction of sp³-hybridized carbons (Fsp3) is 0.450. The number of carbonyl (C=O) groups is 1. The van der Waals surface area contributed by atoms with Crippen LogP contribution in [-0.2, 0) is 11.2 Å². The van der Waals surface area contributed by atoms with Crippen molar-refractivity contribution < 1.29 is 9.53 Å². The van der Waals surface area contributed by atoms with Crippen molar-refractivity contribution in [2.75, 3.05) is 37.4 Å². The molecule has 27 heavy (non-hydrogen) atoms. The molecule has 1 saturated heterocycles. The van der Waals surface area contributed by atoms with Crippen LogP contribution in [0.3, 0.4) is 0 Å². The molecule has 0 bridgehead atoms. The van der Waals surface area contributed by atoms with Crippen LogP contribution in [0.2, 0.25) is 0 Å². The third-order valence-electron chi connectivity index (χ3n) is 5.15. The summed E-state index contributed by atoms with van der Waals surface area (Å²) >= 11 is 0. The average molecular weight is 369 g/mol. The Morgan fingerprint density at radius 2 is 1.81 bits per heavy atom. The molecule has 1 atom stereocenters. The highest BCUT2D eigenvalue weighted by atomic mass is 16.5. The summed E-state index contributed by atoms with van der Waals surface area (Å²) in [5.41, 5.74) is 9.25. The minimum absolute atomic E-state index is 0.108. The second kappa shape index (κ2) is 7.82. The highest BCUT2D eigenvalue weighted by molar-refractivity contribution is 5.80. The Bertz CT molecular complexity index is 799. The van der Waals surface area contributed by atoms with Gasteiger partial charge in [0, 0.05) is 48.3 Å². The number of hydrogen-bond donors (Lipinski definition) is 1. The van der Waals surface area contributed by atoms with E-state index in [-0.39, 0.29) is 17.9 Å². The van der Waals surface area contributed by atoms with Crippen LogP contribution in [0.15, 0.2) is 24.3 Å². The van der Waals surface area contributed by atoms with E-state index >= 15 is 0 Å². The first kappa shape index (κ1) is 18.9. The fourth-order valence-corrected chi connectivity index (χ4v) is 3.63. The molecule has 2 aromatic rings. The molecular formula is C20H27N5O2. The van der Waals surface area contributed by atoms with E-state index in [9.17, 15) is 4.79 Å². The van der Waals surface area contributed by atoms with Crippen LogP contribution >= 0.6 is 0 Å². The van der Waals surface area contributed by atoms with Gasteiger partial charge in [-0.3, -0.25) is 4.79 Å². The summed E-state index contributed by atoms with van der Waals surface area (Å²) in [6.45, 7) is 8.14. The Hall–Kier alpha value is -2.83. The number of hydrogen-bond acceptors (Lipinski definition) is 6. The standard InChI is InChI=1S/C20H27N5O2/c1-13-12-24(16-5-7-17(27-4)8-6-16)9-10-25(13)19(26)11-18-14(2)22-20(21)23-15(18)3/h5-8,13H,9-12H2,1-4H3,(H2,21,22,23)/t13-/m0/s1. The van der Waals surface area contributed by atoms with E-state index in [4.69, 9.17) is 10.5 Å². The average Bonchev–Trinajstić information content (AvgIpc) is 2.64. The zero-order valence-corrected chi connectivity index (χ0v) is 16.4. The normalized spacial score (nSPS) is 17.1. The summed E-state index contributed by atoms with van der Waals surface area (Å²) in [5.74, 6) is 1.20. The molecule has 0 radical (unpaired) electrons. The number of amides is 1. The lowest BCUT2D eigenvalue weighted by atomic mass is 10.1. The summed E-state index contributed by atoms with van der Waals surface area (Å²) in [7, 11) is 1.66. The largest absolute Gasteiger partial charge is 0.497 e. The predicted octanol–water partition coefficient (Wildman–Crippen LogP) is 1.96. The van der Waals surface area contributed by atoms with Gasteiger partial charge in [-0.25, -0.2) is 9.97 Å². The maximum Gasteiger partial charge on any atom is 0.227 e. The van der Waals surface area contributed by atoms with Crippen molar-refractivity contribution in [1.82, 2.24) is 14.9 Å². The van der Waals surface area contributed by atoms with Gasteiger partial charge in [0.05, 0.1) is 13.5 Å². The van der Waals surface area contributed by atoms with Crippen molar-refractivity contribution in [1.29, 1.82) is 0 Å². The second-order valence-electron chi connectivity index (χ2n) is 6.99. The predicted molar refractivity (Wildman–Crippen MR) is 106 cm³/mol. The Balaban J connectivity index is 1.66. The van der Waals surface area contributed by atoms with Gasteiger partial charge in [0.25, 0.3) is 0 Å². The topological polar surface area (TPSA) is 84.6 Å². The molecule has 2 heterocycles. The molecule has 2 N–H and O–H groups in total. The lowest BCUT2D eigenvalue weighted by Crippen LogP contribution is -2.54. The van der Waals surface area contributed by atoms with Crippen molar-refractivity contribution >= 4 is 17.5 Å². The van der Waals surface area contributed by atoms with Crippen LogP contribution in [0.1, 0.15) is 23.9 Å². The maximum absolute atomic E-state index is 12.9. The third kappa shape index (κ3) is 4.13. The Morgan fingerprint density at radius 3 is 2.37 bits per heavy atom. The van der Waals surface area contributed by atoms with Crippen molar-refractivity contribution in [3.8, 4) is 5.75 Å². The van der Waals surface area contributed by atoms with E-state index in [0.29, 0.717) is 13.0 Å². The number of carbonyl (C=O) groups excluding carboxylic acids is 1. The number of aryl methyl sites for hydroxylation is 2. The molecule has 0 spiro atoms. The second-order valence-corrected chi connectivity index (χ2v) is 6.99. The monoisotopic (exact) mass is 369 g/mol. The molecule has 1 aliphatic rings. The molecule has 144 valence electrons. The van der Waals surface area contributed by atoms with Crippen LogP contribution in [0, 0.1) is 13.8 Å². The SMILES string of the molecule is COc1ccc(N2CCN(C(=O)Cc3c(C)nc(N)nc3C)[C@@H](C)C2)cc1. The number of rotatable bonds is 4. The van der Waals surface area contributed by atoms with E-state index in [2.05, 4.69) is 33.9 Å². The third-order valence-corrected chi connectivity index (χ3v) is 5.15. The van der Waals surface area contributed by atoms with Gasteiger partial charge in [-0.1, -0.05) is 0 Å². The van der Waals surface area contributed by atoms with Gasteiger partial charge < -0.3 is 20.3 Å². The molecule has 0 unspecified atom stereocenters. The first-order chi connectivity index (χ1) is 12.9. The van der Waals surface area contributed by atoms with Gasteiger partial charge in [0.1, 0.15) is 5.75 Å². The lowest BCUT2D eigenvalue weighted by Gasteiger charge is -2.41. The molecule has 3 rings (SSSR count). The van der Waals surface area contributed by atoms with Gasteiger partial charge in [-0.15, -0.1) is 0 Å². The molecule has 1 fully saturated rings. The minimum atomic E-state index is 0.108. The van der Waals surface area contributed by atoms with Crippen LogP contribution in [0.5, 0.6) is 5.75 Å². The smallest absolute Gasteiger partial charge is 0.227 e. The Labute approximate surface area is 160 Å². The fourth-order valence-electron chi connectivity index (χ4n) is 3.63. The van der Waals surface area contributed by atoms with Gasteiger partial charge >= 0.3 is 0 Å². The van der Waals surface area contributed by atoms with E-state index in [0.717, 1.165) is 41.5 Å². The van der Waals surface area contributed by atoms with Crippen molar-refractivity contribution in [3.63, 3.8) is 0 Å². The number of anilines is 2. The lowest BCUT2D eigenvalue weighted by molar-refractivity contribution is -0.132. The molecule has 7 heteroatoms. The van der Waals surface area contributed by atoms with Gasteiger partial charge in [0.15, 0.2) is 0 Å². The van der Waals surface area contributed by atoms with Gasteiger partial charge in [-0.2, -0.15) is 0 Å².